The summed E-state index contributed by atoms with van der Waals surface area (Å²) in [4.78, 5) is 11.0. The zero-order chi connectivity index (χ0) is 13.7. The average Bonchev–Trinajstić information content (AvgIpc) is 2.15. The van der Waals surface area contributed by atoms with E-state index in [9.17, 15) is 4.79 Å². The summed E-state index contributed by atoms with van der Waals surface area (Å²) in [6, 6.07) is 0. The Kier molecular flexibility index (Phi) is 6.94. The highest BCUT2D eigenvalue weighted by atomic mass is 127. The predicted octanol–water partition coefficient (Wildman–Crippen LogP) is 3.89. The van der Waals surface area contributed by atoms with Crippen LogP contribution in [0.25, 0.3) is 0 Å². The largest absolute Gasteiger partial charge is 0.466 e. The predicted molar refractivity (Wildman–Crippen MR) is 81.9 cm³/mol. The van der Waals surface area contributed by atoms with E-state index in [1.54, 1.807) is 0 Å². The Morgan fingerprint density at radius 3 is 2.29 bits per heavy atom. The highest BCUT2D eigenvalue weighted by Gasteiger charge is 2.36. The lowest BCUT2D eigenvalue weighted by molar-refractivity contribution is -0.134. The van der Waals surface area contributed by atoms with Crippen molar-refractivity contribution in [2.24, 2.45) is 0 Å². The van der Waals surface area contributed by atoms with Crippen molar-refractivity contribution in [3.63, 3.8) is 0 Å². The van der Waals surface area contributed by atoms with E-state index >= 15 is 0 Å². The normalized spacial score (nSPS) is 13.7. The fourth-order valence-corrected chi connectivity index (χ4v) is 2.40. The van der Waals surface area contributed by atoms with Gasteiger partial charge in [0.2, 0.25) is 0 Å². The molecule has 0 N–H and O–H groups in total. The van der Waals surface area contributed by atoms with Crippen LogP contribution >= 0.6 is 22.6 Å². The molecule has 0 spiro atoms. The van der Waals surface area contributed by atoms with Crippen LogP contribution < -0.4 is 0 Å². The molecule has 100 valence electrons. The molecule has 3 nitrogen and oxygen atoms in total. The molecule has 0 unspecified atom stereocenters. The van der Waals surface area contributed by atoms with Gasteiger partial charge in [-0.25, -0.2) is 4.79 Å². The third-order valence-corrected chi connectivity index (χ3v) is 8.47. The van der Waals surface area contributed by atoms with Crippen LogP contribution in [0.5, 0.6) is 0 Å². The molecule has 0 radical (unpaired) electrons. The molecule has 0 heterocycles. The van der Waals surface area contributed by atoms with Gasteiger partial charge in [0.15, 0.2) is 8.32 Å². The van der Waals surface area contributed by atoms with E-state index in [1.807, 2.05) is 0 Å². The smallest absolute Gasteiger partial charge is 0.331 e. The first kappa shape index (κ1) is 17.1. The molecular formula is C12H23IO3Si. The van der Waals surface area contributed by atoms with Gasteiger partial charge in [-0.05, 0) is 40.7 Å². The van der Waals surface area contributed by atoms with Crippen LogP contribution in [0.3, 0.4) is 0 Å². The number of methoxy groups -OCH3 is 1. The number of hydrogen-bond acceptors (Lipinski definition) is 3. The fraction of sp³-hybridized carbons (Fsp3) is 0.750. The summed E-state index contributed by atoms with van der Waals surface area (Å²) in [5.74, 6) is -0.304. The maximum absolute atomic E-state index is 11.0. The number of carbonyl (C=O) groups excluding carboxylic acids is 1. The molecule has 0 aliphatic carbocycles. The zero-order valence-corrected chi connectivity index (χ0v) is 14.8. The first-order valence-electron chi connectivity index (χ1n) is 5.68. The lowest BCUT2D eigenvalue weighted by atomic mass is 10.2. The van der Waals surface area contributed by atoms with E-state index in [4.69, 9.17) is 4.43 Å². The maximum Gasteiger partial charge on any atom is 0.331 e. The Bertz CT molecular complexity index is 293. The molecule has 0 fully saturated rings. The number of rotatable bonds is 5. The molecule has 17 heavy (non-hydrogen) atoms. The van der Waals surface area contributed by atoms with Crippen LogP contribution in [-0.2, 0) is 14.0 Å². The minimum absolute atomic E-state index is 0.227. The Hall–Kier alpha value is 0.117. The molecule has 0 bridgehead atoms. The summed E-state index contributed by atoms with van der Waals surface area (Å²) >= 11 is 2.15. The van der Waals surface area contributed by atoms with E-state index in [1.165, 1.54) is 13.2 Å². The Morgan fingerprint density at radius 2 is 1.88 bits per heavy atom. The number of hydrogen-bond donors (Lipinski definition) is 0. The van der Waals surface area contributed by atoms with Gasteiger partial charge in [0, 0.05) is 22.7 Å². The topological polar surface area (TPSA) is 35.5 Å². The monoisotopic (exact) mass is 370 g/mol. The molecule has 0 amide bonds. The van der Waals surface area contributed by atoms with Crippen molar-refractivity contribution in [1.29, 1.82) is 0 Å². The van der Waals surface area contributed by atoms with Crippen molar-refractivity contribution in [3.05, 3.63) is 9.66 Å². The molecule has 0 aliphatic rings. The van der Waals surface area contributed by atoms with Crippen LogP contribution in [0.2, 0.25) is 18.1 Å². The van der Waals surface area contributed by atoms with Gasteiger partial charge in [-0.3, -0.25) is 0 Å². The van der Waals surface area contributed by atoms with Crippen molar-refractivity contribution in [2.45, 2.75) is 45.3 Å². The van der Waals surface area contributed by atoms with Crippen molar-refractivity contribution in [1.82, 2.24) is 0 Å². The third kappa shape index (κ3) is 6.57. The van der Waals surface area contributed by atoms with Gasteiger partial charge in [-0.2, -0.15) is 0 Å². The average molecular weight is 370 g/mol. The second-order valence-electron chi connectivity index (χ2n) is 5.47. The molecule has 0 saturated carbocycles. The highest BCUT2D eigenvalue weighted by Crippen LogP contribution is 2.36. The Labute approximate surface area is 119 Å². The number of ether oxygens (including phenoxy) is 1. The van der Waals surface area contributed by atoms with E-state index in [-0.39, 0.29) is 11.0 Å². The third-order valence-electron chi connectivity index (χ3n) is 3.09. The van der Waals surface area contributed by atoms with Gasteiger partial charge in [-0.15, -0.1) is 0 Å². The number of esters is 1. The van der Waals surface area contributed by atoms with Gasteiger partial charge in [0.1, 0.15) is 0 Å². The first-order chi connectivity index (χ1) is 7.60. The van der Waals surface area contributed by atoms with Crippen LogP contribution in [-0.4, -0.2) is 28.0 Å². The van der Waals surface area contributed by atoms with Gasteiger partial charge in [0.05, 0.1) is 7.11 Å². The minimum atomic E-state index is -1.67. The Balaban J connectivity index is 4.17. The fourth-order valence-electron chi connectivity index (χ4n) is 0.879. The lowest BCUT2D eigenvalue weighted by Crippen LogP contribution is -2.40. The van der Waals surface area contributed by atoms with Crippen molar-refractivity contribution < 1.29 is 14.0 Å². The maximum atomic E-state index is 11.0. The van der Waals surface area contributed by atoms with E-state index < -0.39 is 8.32 Å². The quantitative estimate of drug-likeness (QED) is 0.319. The van der Waals surface area contributed by atoms with E-state index in [0.29, 0.717) is 6.61 Å². The van der Waals surface area contributed by atoms with Gasteiger partial charge in [-0.1, -0.05) is 20.8 Å². The molecule has 0 atom stereocenters. The van der Waals surface area contributed by atoms with Gasteiger partial charge in [0.25, 0.3) is 0 Å². The summed E-state index contributed by atoms with van der Waals surface area (Å²) in [6.07, 6.45) is 2.28. The van der Waals surface area contributed by atoms with Crippen LogP contribution in [0, 0.1) is 0 Å². The molecule has 0 saturated heterocycles. The number of carbonyl (C=O) groups is 1. The van der Waals surface area contributed by atoms with Crippen LogP contribution in [0.15, 0.2) is 9.66 Å². The summed E-state index contributed by atoms with van der Waals surface area (Å²) in [7, 11) is -0.283. The van der Waals surface area contributed by atoms with Crippen molar-refractivity contribution in [3.8, 4) is 0 Å². The summed E-state index contributed by atoms with van der Waals surface area (Å²) in [5, 5.41) is 0.227. The van der Waals surface area contributed by atoms with E-state index in [2.05, 4.69) is 61.2 Å². The highest BCUT2D eigenvalue weighted by molar-refractivity contribution is 14.1. The minimum Gasteiger partial charge on any atom is -0.466 e. The summed E-state index contributed by atoms with van der Waals surface area (Å²) < 4.78 is 11.6. The van der Waals surface area contributed by atoms with E-state index in [0.717, 1.165) is 10.0 Å². The molecule has 0 aromatic heterocycles. The molecule has 0 aromatic rings. The summed E-state index contributed by atoms with van der Waals surface area (Å²) in [5.41, 5.74) is 0. The SMILES string of the molecule is COC(=O)/C=C(/I)CCO[Si](C)(C)C(C)(C)C. The molecule has 0 rings (SSSR count). The van der Waals surface area contributed by atoms with Gasteiger partial charge >= 0.3 is 5.97 Å². The molecule has 5 heteroatoms. The number of halogens is 1. The first-order valence-corrected chi connectivity index (χ1v) is 9.67. The standard InChI is InChI=1S/C12H23IO3Si/c1-12(2,3)17(5,6)16-8-7-10(13)9-11(14)15-4/h9H,7-8H2,1-6H3/b10-9+. The molecule has 0 aliphatic heterocycles. The van der Waals surface area contributed by atoms with Gasteiger partial charge < -0.3 is 9.16 Å². The summed E-state index contributed by atoms with van der Waals surface area (Å²) in [6.45, 7) is 11.8. The second kappa shape index (κ2) is 6.89. The molecular weight excluding hydrogens is 347 g/mol. The Morgan fingerprint density at radius 1 is 1.35 bits per heavy atom. The molecule has 0 aromatic carbocycles. The van der Waals surface area contributed by atoms with Crippen molar-refractivity contribution >= 4 is 36.9 Å². The van der Waals surface area contributed by atoms with Crippen molar-refractivity contribution in [2.75, 3.05) is 13.7 Å². The van der Waals surface area contributed by atoms with Crippen LogP contribution in [0.1, 0.15) is 27.2 Å². The second-order valence-corrected chi connectivity index (χ2v) is 11.7. The zero-order valence-electron chi connectivity index (χ0n) is 11.6. The lowest BCUT2D eigenvalue weighted by Gasteiger charge is -2.36. The van der Waals surface area contributed by atoms with Crippen LogP contribution in [0.4, 0.5) is 0 Å².